The van der Waals surface area contributed by atoms with Crippen LogP contribution in [0.2, 0.25) is 0 Å². The summed E-state index contributed by atoms with van der Waals surface area (Å²) in [6.07, 6.45) is 3.89. The monoisotopic (exact) mass is 298 g/mol. The number of nitrogens with one attached hydrogen (secondary N) is 1. The number of aromatic nitrogens is 1. The number of rotatable bonds is 6. The van der Waals surface area contributed by atoms with Crippen molar-refractivity contribution in [1.29, 1.82) is 0 Å². The van der Waals surface area contributed by atoms with Crippen molar-refractivity contribution in [2.45, 2.75) is 12.6 Å². The molecule has 1 atom stereocenters. The molecule has 0 saturated carbocycles. The van der Waals surface area contributed by atoms with E-state index in [0.29, 0.717) is 0 Å². The Hall–Kier alpha value is -2.66. The third-order valence-corrected chi connectivity index (χ3v) is 3.05. The third kappa shape index (κ3) is 5.03. The summed E-state index contributed by atoms with van der Waals surface area (Å²) in [5.74, 6) is -0.289. The lowest BCUT2D eigenvalue weighted by Crippen LogP contribution is -2.35. The van der Waals surface area contributed by atoms with E-state index < -0.39 is 6.10 Å². The zero-order chi connectivity index (χ0) is 15.8. The van der Waals surface area contributed by atoms with E-state index in [1.54, 1.807) is 24.4 Å². The van der Waals surface area contributed by atoms with Gasteiger partial charge in [-0.3, -0.25) is 9.59 Å². The van der Waals surface area contributed by atoms with Gasteiger partial charge in [-0.1, -0.05) is 36.4 Å². The first-order chi connectivity index (χ1) is 10.6. The SMILES string of the molecule is O=C(/C=C/c1ccccc1)NC[C@H](O)Cn1ccccc1=O. The molecule has 1 amide bonds. The molecule has 0 spiro atoms. The van der Waals surface area contributed by atoms with Gasteiger partial charge >= 0.3 is 0 Å². The quantitative estimate of drug-likeness (QED) is 0.783. The molecule has 1 aromatic heterocycles. The van der Waals surface area contributed by atoms with Gasteiger partial charge in [-0.25, -0.2) is 0 Å². The number of benzene rings is 1. The first kappa shape index (κ1) is 15.7. The van der Waals surface area contributed by atoms with E-state index in [-0.39, 0.29) is 24.6 Å². The van der Waals surface area contributed by atoms with E-state index >= 15 is 0 Å². The zero-order valence-corrected chi connectivity index (χ0v) is 12.1. The molecule has 0 fully saturated rings. The summed E-state index contributed by atoms with van der Waals surface area (Å²) in [5, 5.41) is 12.5. The van der Waals surface area contributed by atoms with E-state index in [1.165, 1.54) is 16.7 Å². The molecule has 0 bridgehead atoms. The molecule has 2 N–H and O–H groups in total. The lowest BCUT2D eigenvalue weighted by atomic mass is 10.2. The molecule has 5 heteroatoms. The number of carbonyl (C=O) groups is 1. The van der Waals surface area contributed by atoms with Gasteiger partial charge < -0.3 is 15.0 Å². The van der Waals surface area contributed by atoms with Gasteiger partial charge in [-0.15, -0.1) is 0 Å². The number of amides is 1. The first-order valence-corrected chi connectivity index (χ1v) is 6.99. The summed E-state index contributed by atoms with van der Waals surface area (Å²) in [7, 11) is 0. The fourth-order valence-electron chi connectivity index (χ4n) is 1.92. The fraction of sp³-hybridized carbons (Fsp3) is 0.176. The number of hydrogen-bond acceptors (Lipinski definition) is 3. The number of pyridine rings is 1. The maximum absolute atomic E-state index is 11.7. The fourth-order valence-corrected chi connectivity index (χ4v) is 1.92. The predicted molar refractivity (Wildman–Crippen MR) is 85.2 cm³/mol. The Bertz CT molecular complexity index is 692. The van der Waals surface area contributed by atoms with E-state index in [9.17, 15) is 14.7 Å². The van der Waals surface area contributed by atoms with Crippen LogP contribution in [-0.2, 0) is 11.3 Å². The predicted octanol–water partition coefficient (Wildman–Crippen LogP) is 1.04. The van der Waals surface area contributed by atoms with Gasteiger partial charge in [0.15, 0.2) is 0 Å². The normalized spacial score (nSPS) is 12.2. The van der Waals surface area contributed by atoms with Crippen LogP contribution in [0.15, 0.2) is 65.6 Å². The van der Waals surface area contributed by atoms with E-state index in [4.69, 9.17) is 0 Å². The Morgan fingerprint density at radius 1 is 1.18 bits per heavy atom. The zero-order valence-electron chi connectivity index (χ0n) is 12.1. The van der Waals surface area contributed by atoms with Gasteiger partial charge in [0.05, 0.1) is 12.6 Å². The molecule has 2 aromatic rings. The average molecular weight is 298 g/mol. The molecular weight excluding hydrogens is 280 g/mol. The highest BCUT2D eigenvalue weighted by Crippen LogP contribution is 2.00. The molecular formula is C17H18N2O3. The minimum Gasteiger partial charge on any atom is -0.389 e. The van der Waals surface area contributed by atoms with Crippen molar-refractivity contribution >= 4 is 12.0 Å². The highest BCUT2D eigenvalue weighted by Gasteiger charge is 2.07. The molecule has 1 aromatic carbocycles. The lowest BCUT2D eigenvalue weighted by Gasteiger charge is -2.12. The molecule has 0 aliphatic carbocycles. The Kier molecular flexibility index (Phi) is 5.68. The Labute approximate surface area is 128 Å². The van der Waals surface area contributed by atoms with Crippen molar-refractivity contribution in [3.63, 3.8) is 0 Å². The molecule has 0 aliphatic heterocycles. The Morgan fingerprint density at radius 3 is 2.64 bits per heavy atom. The molecule has 5 nitrogen and oxygen atoms in total. The van der Waals surface area contributed by atoms with Crippen LogP contribution in [-0.4, -0.2) is 28.2 Å². The summed E-state index contributed by atoms with van der Waals surface area (Å²) >= 11 is 0. The largest absolute Gasteiger partial charge is 0.389 e. The summed E-state index contributed by atoms with van der Waals surface area (Å²) in [6, 6.07) is 14.2. The van der Waals surface area contributed by atoms with Gasteiger partial charge in [0, 0.05) is 24.9 Å². The summed E-state index contributed by atoms with van der Waals surface area (Å²) in [5.41, 5.74) is 0.742. The number of hydrogen-bond donors (Lipinski definition) is 2. The van der Waals surface area contributed by atoms with Gasteiger partial charge in [-0.05, 0) is 17.7 Å². The first-order valence-electron chi connectivity index (χ1n) is 6.99. The van der Waals surface area contributed by atoms with Crippen LogP contribution in [0.4, 0.5) is 0 Å². The van der Waals surface area contributed by atoms with Crippen LogP contribution < -0.4 is 10.9 Å². The second-order valence-electron chi connectivity index (χ2n) is 4.83. The topological polar surface area (TPSA) is 71.3 Å². The van der Waals surface area contributed by atoms with Gasteiger partial charge in [0.1, 0.15) is 0 Å². The number of aliphatic hydroxyl groups is 1. The molecule has 0 saturated heterocycles. The van der Waals surface area contributed by atoms with Crippen LogP contribution in [0.25, 0.3) is 6.08 Å². The summed E-state index contributed by atoms with van der Waals surface area (Å²) in [4.78, 5) is 23.2. The number of nitrogens with zero attached hydrogens (tertiary/aromatic N) is 1. The van der Waals surface area contributed by atoms with Crippen LogP contribution >= 0.6 is 0 Å². The smallest absolute Gasteiger partial charge is 0.250 e. The molecule has 2 rings (SSSR count). The maximum Gasteiger partial charge on any atom is 0.250 e. The van der Waals surface area contributed by atoms with Crippen molar-refractivity contribution in [3.8, 4) is 0 Å². The van der Waals surface area contributed by atoms with Crippen molar-refractivity contribution < 1.29 is 9.90 Å². The third-order valence-electron chi connectivity index (χ3n) is 3.05. The maximum atomic E-state index is 11.7. The van der Waals surface area contributed by atoms with Crippen molar-refractivity contribution in [2.24, 2.45) is 0 Å². The van der Waals surface area contributed by atoms with E-state index in [0.717, 1.165) is 5.56 Å². The molecule has 1 heterocycles. The minimum absolute atomic E-state index is 0.0826. The molecule has 114 valence electrons. The minimum atomic E-state index is -0.825. The second kappa shape index (κ2) is 7.95. The van der Waals surface area contributed by atoms with Gasteiger partial charge in [0.2, 0.25) is 5.91 Å². The number of carbonyl (C=O) groups excluding carboxylic acids is 1. The molecule has 0 radical (unpaired) electrons. The Balaban J connectivity index is 1.80. The van der Waals surface area contributed by atoms with E-state index in [2.05, 4.69) is 5.32 Å². The van der Waals surface area contributed by atoms with Crippen LogP contribution in [0.3, 0.4) is 0 Å². The summed E-state index contributed by atoms with van der Waals surface area (Å²) < 4.78 is 1.40. The number of aliphatic hydroxyl groups excluding tert-OH is 1. The van der Waals surface area contributed by atoms with Crippen molar-refractivity contribution in [3.05, 3.63) is 76.7 Å². The average Bonchev–Trinajstić information content (AvgIpc) is 2.54. The summed E-state index contributed by atoms with van der Waals surface area (Å²) in [6.45, 7) is 0.224. The van der Waals surface area contributed by atoms with Crippen LogP contribution in [0.1, 0.15) is 5.56 Å². The standard InChI is InChI=1S/C17H18N2O3/c20-15(13-19-11-5-4-8-17(19)22)12-18-16(21)10-9-14-6-2-1-3-7-14/h1-11,15,20H,12-13H2,(H,18,21)/b10-9+/t15-/m0/s1. The molecule has 0 unspecified atom stereocenters. The second-order valence-corrected chi connectivity index (χ2v) is 4.83. The highest BCUT2D eigenvalue weighted by atomic mass is 16.3. The highest BCUT2D eigenvalue weighted by molar-refractivity contribution is 5.91. The Morgan fingerprint density at radius 2 is 1.91 bits per heavy atom. The van der Waals surface area contributed by atoms with Crippen LogP contribution in [0.5, 0.6) is 0 Å². The van der Waals surface area contributed by atoms with Crippen LogP contribution in [0, 0.1) is 0 Å². The molecule has 0 aliphatic rings. The van der Waals surface area contributed by atoms with Crippen molar-refractivity contribution in [1.82, 2.24) is 9.88 Å². The molecule has 22 heavy (non-hydrogen) atoms. The van der Waals surface area contributed by atoms with Gasteiger partial charge in [0.25, 0.3) is 5.56 Å². The van der Waals surface area contributed by atoms with Gasteiger partial charge in [-0.2, -0.15) is 0 Å². The van der Waals surface area contributed by atoms with Crippen molar-refractivity contribution in [2.75, 3.05) is 6.54 Å². The lowest BCUT2D eigenvalue weighted by molar-refractivity contribution is -0.116. The van der Waals surface area contributed by atoms with E-state index in [1.807, 2.05) is 30.3 Å².